The Morgan fingerprint density at radius 2 is 2.04 bits per heavy atom. The van der Waals surface area contributed by atoms with Crippen LogP contribution >= 0.6 is 23.2 Å². The van der Waals surface area contributed by atoms with Crippen molar-refractivity contribution in [1.82, 2.24) is 9.55 Å². The lowest BCUT2D eigenvalue weighted by Gasteiger charge is -2.21. The number of ether oxygens (including phenoxy) is 1. The van der Waals surface area contributed by atoms with E-state index in [0.717, 1.165) is 0 Å². The Morgan fingerprint density at radius 3 is 2.67 bits per heavy atom. The molecule has 7 nitrogen and oxygen atoms in total. The maximum atomic E-state index is 10.4. The first-order chi connectivity index (χ1) is 13.8. The third-order valence-electron chi connectivity index (χ3n) is 3.78. The summed E-state index contributed by atoms with van der Waals surface area (Å²) in [4.78, 5) is 4.21. The zero-order valence-electron chi connectivity index (χ0n) is 18.1. The molecule has 1 saturated heterocycles. The molecule has 0 unspecified atom stereocenters. The van der Waals surface area contributed by atoms with Gasteiger partial charge in [-0.05, 0) is 25.8 Å². The third-order valence-corrected chi connectivity index (χ3v) is 4.50. The molecule has 0 saturated carbocycles. The molecule has 1 fully saturated rings. The van der Waals surface area contributed by atoms with E-state index >= 15 is 0 Å². The first-order valence-electron chi connectivity index (χ1n) is 10.0. The van der Waals surface area contributed by atoms with Gasteiger partial charge in [0.05, 0.1) is 27.7 Å². The van der Waals surface area contributed by atoms with Gasteiger partial charge in [-0.25, -0.2) is 4.98 Å². The summed E-state index contributed by atoms with van der Waals surface area (Å²) in [5, 5.41) is 32.6. The quantitative estimate of drug-likeness (QED) is 0.643. The number of anilines is 1. The van der Waals surface area contributed by atoms with E-state index in [2.05, 4.69) is 10.3 Å². The van der Waals surface area contributed by atoms with E-state index in [-0.39, 0.29) is 27.0 Å². The van der Waals surface area contributed by atoms with Gasteiger partial charge < -0.3 is 25.4 Å². The molecule has 1 aromatic heterocycles. The Kier molecular flexibility index (Phi) is 3.20. The van der Waals surface area contributed by atoms with Crippen molar-refractivity contribution in [3.05, 3.63) is 22.2 Å². The van der Waals surface area contributed by atoms with Gasteiger partial charge in [0.2, 0.25) is 5.95 Å². The number of halogens is 2. The topological polar surface area (TPSA) is 99.8 Å². The Morgan fingerprint density at radius 1 is 1.33 bits per heavy atom. The highest BCUT2D eigenvalue weighted by Gasteiger charge is 2.44. The highest BCUT2D eigenvalue weighted by Crippen LogP contribution is 2.37. The van der Waals surface area contributed by atoms with Gasteiger partial charge in [0.15, 0.2) is 6.23 Å². The molecule has 9 heteroatoms. The summed E-state index contributed by atoms with van der Waals surface area (Å²) in [6.45, 7) is -6.44. The van der Waals surface area contributed by atoms with Gasteiger partial charge in [-0.3, -0.25) is 4.57 Å². The fourth-order valence-electron chi connectivity index (χ4n) is 2.67. The third kappa shape index (κ3) is 2.96. The van der Waals surface area contributed by atoms with Crippen LogP contribution in [0.1, 0.15) is 28.2 Å². The standard InChI is InChI=1S/C15H19Cl2N3O4/c1-6(2)18-15-19-9-3-7(16)8(17)4-10(9)20(15)14-13(23)12(22)11(5-21)24-14/h3-4,6,11-14,21-23H,5H2,1-2H3,(H,18,19)/t11-,12-,13-,14-/m0/s1/i1D3,2D3. The van der Waals surface area contributed by atoms with Crippen molar-refractivity contribution in [2.24, 2.45) is 0 Å². The number of fused-ring (bicyclic) bond motifs is 1. The molecule has 0 spiro atoms. The van der Waals surface area contributed by atoms with Gasteiger partial charge in [-0.2, -0.15) is 0 Å². The number of hydrogen-bond donors (Lipinski definition) is 4. The van der Waals surface area contributed by atoms with Crippen LogP contribution in [0.2, 0.25) is 10.0 Å². The fraction of sp³-hybridized carbons (Fsp3) is 0.533. The highest BCUT2D eigenvalue weighted by molar-refractivity contribution is 6.42. The van der Waals surface area contributed by atoms with Crippen molar-refractivity contribution in [3.8, 4) is 0 Å². The minimum absolute atomic E-state index is 0.117. The van der Waals surface area contributed by atoms with E-state index in [1.165, 1.54) is 16.7 Å². The predicted octanol–water partition coefficient (Wildman–Crippen LogP) is 1.77. The molecule has 0 aliphatic carbocycles. The maximum absolute atomic E-state index is 10.4. The summed E-state index contributed by atoms with van der Waals surface area (Å²) in [5.41, 5.74) is 0.441. The van der Waals surface area contributed by atoms with Crippen molar-refractivity contribution in [2.75, 3.05) is 11.9 Å². The van der Waals surface area contributed by atoms with Gasteiger partial charge >= 0.3 is 0 Å². The molecule has 1 aliphatic rings. The van der Waals surface area contributed by atoms with Crippen molar-refractivity contribution in [1.29, 1.82) is 0 Å². The molecular weight excluding hydrogens is 357 g/mol. The lowest BCUT2D eigenvalue weighted by Crippen LogP contribution is -2.33. The van der Waals surface area contributed by atoms with Crippen LogP contribution in [0.25, 0.3) is 11.0 Å². The summed E-state index contributed by atoms with van der Waals surface area (Å²) in [6.07, 6.45) is -5.43. The molecule has 0 bridgehead atoms. The van der Waals surface area contributed by atoms with E-state index < -0.39 is 50.9 Å². The van der Waals surface area contributed by atoms with Crippen LogP contribution in [0, 0.1) is 0 Å². The lowest BCUT2D eigenvalue weighted by molar-refractivity contribution is -0.0499. The number of aliphatic hydroxyl groups is 3. The summed E-state index contributed by atoms with van der Waals surface area (Å²) >= 11 is 12.1. The molecule has 4 N–H and O–H groups in total. The molecule has 1 aliphatic heterocycles. The minimum Gasteiger partial charge on any atom is -0.394 e. The second-order valence-corrected chi connectivity index (χ2v) is 6.18. The Labute approximate surface area is 157 Å². The molecule has 132 valence electrons. The molecule has 0 radical (unpaired) electrons. The first kappa shape index (κ1) is 11.5. The maximum Gasteiger partial charge on any atom is 0.206 e. The molecular formula is C15H19Cl2N3O4. The summed E-state index contributed by atoms with van der Waals surface area (Å²) in [7, 11) is 0. The van der Waals surface area contributed by atoms with Crippen LogP contribution in [0.15, 0.2) is 12.1 Å². The average Bonchev–Trinajstić information content (AvgIpc) is 3.08. The van der Waals surface area contributed by atoms with E-state index in [1.807, 2.05) is 0 Å². The van der Waals surface area contributed by atoms with E-state index in [0.29, 0.717) is 0 Å². The number of hydrogen-bond acceptors (Lipinski definition) is 6. The Hall–Kier alpha value is -1.09. The van der Waals surface area contributed by atoms with Crippen molar-refractivity contribution in [2.45, 2.75) is 44.3 Å². The van der Waals surface area contributed by atoms with Gasteiger partial charge in [0, 0.05) is 14.3 Å². The van der Waals surface area contributed by atoms with Crippen LogP contribution in [0.4, 0.5) is 5.95 Å². The van der Waals surface area contributed by atoms with E-state index in [9.17, 15) is 15.3 Å². The first-order valence-corrected chi connectivity index (χ1v) is 7.77. The number of aliphatic hydroxyl groups excluding tert-OH is 3. The van der Waals surface area contributed by atoms with Gasteiger partial charge in [-0.15, -0.1) is 0 Å². The number of benzene rings is 1. The lowest BCUT2D eigenvalue weighted by atomic mass is 10.1. The van der Waals surface area contributed by atoms with Crippen molar-refractivity contribution in [3.63, 3.8) is 0 Å². The van der Waals surface area contributed by atoms with Crippen LogP contribution in [-0.2, 0) is 4.74 Å². The van der Waals surface area contributed by atoms with Gasteiger partial charge in [-0.1, -0.05) is 23.2 Å². The van der Waals surface area contributed by atoms with Crippen LogP contribution in [-0.4, -0.2) is 55.8 Å². The monoisotopic (exact) mass is 381 g/mol. The molecule has 2 aromatic rings. The van der Waals surface area contributed by atoms with E-state index in [1.54, 1.807) is 0 Å². The Balaban J connectivity index is 2.18. The fourth-order valence-corrected chi connectivity index (χ4v) is 2.99. The molecule has 3 rings (SSSR count). The second-order valence-electron chi connectivity index (χ2n) is 5.37. The minimum atomic E-state index is -2.92. The number of rotatable bonds is 4. The normalized spacial score (nSPS) is 32.1. The largest absolute Gasteiger partial charge is 0.394 e. The van der Waals surface area contributed by atoms with Crippen molar-refractivity contribution < 1.29 is 28.3 Å². The SMILES string of the molecule is [2H]C([2H])([2H])C(Nc1nc2cc(Cl)c(Cl)cc2n1[C@H]1O[C@@H](CO)[C@H](O)[C@@H]1O)C([2H])([2H])[2H]. The second kappa shape index (κ2) is 6.67. The number of aromatic nitrogens is 2. The number of imidazole rings is 1. The van der Waals surface area contributed by atoms with Gasteiger partial charge in [0.1, 0.15) is 18.3 Å². The molecule has 2 heterocycles. The van der Waals surface area contributed by atoms with Crippen molar-refractivity contribution >= 4 is 40.2 Å². The predicted molar refractivity (Wildman–Crippen MR) is 91.5 cm³/mol. The smallest absolute Gasteiger partial charge is 0.206 e. The zero-order valence-corrected chi connectivity index (χ0v) is 13.7. The molecule has 1 aromatic carbocycles. The van der Waals surface area contributed by atoms with Crippen LogP contribution in [0.5, 0.6) is 0 Å². The Bertz CT molecular complexity index is 924. The average molecular weight is 382 g/mol. The summed E-state index contributed by atoms with van der Waals surface area (Å²) in [6, 6.07) is 0.761. The van der Waals surface area contributed by atoms with Crippen LogP contribution < -0.4 is 5.32 Å². The van der Waals surface area contributed by atoms with E-state index in [4.69, 9.17) is 36.2 Å². The van der Waals surface area contributed by atoms with Gasteiger partial charge in [0.25, 0.3) is 0 Å². The summed E-state index contributed by atoms with van der Waals surface area (Å²) in [5.74, 6) is -0.254. The zero-order chi connectivity index (χ0) is 22.6. The molecule has 0 amide bonds. The van der Waals surface area contributed by atoms with Crippen LogP contribution in [0.3, 0.4) is 0 Å². The molecule has 24 heavy (non-hydrogen) atoms. The number of nitrogens with zero attached hydrogens (tertiary/aromatic N) is 2. The summed E-state index contributed by atoms with van der Waals surface area (Å²) < 4.78 is 52.2. The molecule has 4 atom stereocenters. The number of nitrogens with one attached hydrogen (secondary N) is 1. The highest BCUT2D eigenvalue weighted by atomic mass is 35.5.